The number of para-hydroxylation sites is 2. The third-order valence-corrected chi connectivity index (χ3v) is 7.22. The normalized spacial score (nSPS) is 18.8. The van der Waals surface area contributed by atoms with Gasteiger partial charge in [0.15, 0.2) is 11.5 Å². The molecule has 3 heterocycles. The van der Waals surface area contributed by atoms with E-state index in [0.29, 0.717) is 17.3 Å². The molecule has 8 heteroatoms. The Morgan fingerprint density at radius 2 is 1.85 bits per heavy atom. The molecule has 0 spiro atoms. The summed E-state index contributed by atoms with van der Waals surface area (Å²) in [6.45, 7) is 0.222. The van der Waals surface area contributed by atoms with Crippen molar-refractivity contribution in [3.63, 3.8) is 0 Å². The van der Waals surface area contributed by atoms with Gasteiger partial charge in [-0.05, 0) is 48.6 Å². The van der Waals surface area contributed by atoms with Gasteiger partial charge in [0.2, 0.25) is 12.0 Å². The number of hydrogen-bond acceptors (Lipinski definition) is 6. The molecule has 0 bridgehead atoms. The predicted molar refractivity (Wildman–Crippen MR) is 128 cm³/mol. The average Bonchev–Trinajstić information content (AvgIpc) is 3.58. The number of hydrogen-bond donors (Lipinski definition) is 1. The van der Waals surface area contributed by atoms with E-state index in [9.17, 15) is 9.59 Å². The number of ether oxygens (including phenoxy) is 2. The Hall–Kier alpha value is -3.26. The predicted octanol–water partition coefficient (Wildman–Crippen LogP) is 4.70. The zero-order chi connectivity index (χ0) is 23.3. The summed E-state index contributed by atoms with van der Waals surface area (Å²) >= 11 is 1.46. The fourth-order valence-electron chi connectivity index (χ4n) is 4.59. The molecule has 2 amide bonds. The van der Waals surface area contributed by atoms with Crippen molar-refractivity contribution in [1.82, 2.24) is 10.2 Å². The zero-order valence-corrected chi connectivity index (χ0v) is 19.7. The first kappa shape index (κ1) is 22.5. The largest absolute Gasteiger partial charge is 0.485 e. The van der Waals surface area contributed by atoms with Gasteiger partial charge in [0, 0.05) is 10.9 Å². The monoisotopic (exact) mass is 480 g/mol. The average molecular weight is 481 g/mol. The van der Waals surface area contributed by atoms with E-state index in [1.54, 1.807) is 29.4 Å². The molecule has 1 aliphatic carbocycles. The maximum absolute atomic E-state index is 13.9. The van der Waals surface area contributed by atoms with Crippen molar-refractivity contribution in [2.24, 2.45) is 0 Å². The third kappa shape index (κ3) is 4.97. The summed E-state index contributed by atoms with van der Waals surface area (Å²) in [5.41, 5.74) is 0. The molecule has 1 N–H and O–H groups in total. The number of thiophene rings is 1. The smallest absolute Gasteiger partial charge is 0.268 e. The first-order chi connectivity index (χ1) is 16.7. The topological polar surface area (TPSA) is 81.0 Å². The van der Waals surface area contributed by atoms with Crippen LogP contribution in [0.2, 0.25) is 0 Å². The van der Waals surface area contributed by atoms with Crippen LogP contribution in [0.25, 0.3) is 0 Å². The summed E-state index contributed by atoms with van der Waals surface area (Å²) in [5.74, 6) is 1.23. The van der Waals surface area contributed by atoms with E-state index in [0.717, 1.165) is 30.6 Å². The van der Waals surface area contributed by atoms with Gasteiger partial charge in [0.1, 0.15) is 18.4 Å². The van der Waals surface area contributed by atoms with Crippen LogP contribution < -0.4 is 14.8 Å². The Balaban J connectivity index is 1.44. The first-order valence-corrected chi connectivity index (χ1v) is 12.6. The van der Waals surface area contributed by atoms with Crippen LogP contribution in [0.5, 0.6) is 11.5 Å². The number of fused-ring (bicyclic) bond motifs is 1. The fourth-order valence-corrected chi connectivity index (χ4v) is 5.43. The minimum Gasteiger partial charge on any atom is -0.485 e. The highest BCUT2D eigenvalue weighted by Crippen LogP contribution is 2.34. The number of amides is 2. The first-order valence-electron chi connectivity index (χ1n) is 11.7. The van der Waals surface area contributed by atoms with Crippen LogP contribution in [0.1, 0.15) is 48.8 Å². The molecule has 34 heavy (non-hydrogen) atoms. The lowest BCUT2D eigenvalue weighted by Crippen LogP contribution is -2.51. The van der Waals surface area contributed by atoms with Gasteiger partial charge in [-0.2, -0.15) is 0 Å². The number of benzene rings is 1. The minimum atomic E-state index is -0.866. The van der Waals surface area contributed by atoms with Crippen molar-refractivity contribution >= 4 is 23.2 Å². The van der Waals surface area contributed by atoms with E-state index >= 15 is 0 Å². The summed E-state index contributed by atoms with van der Waals surface area (Å²) in [5, 5.41) is 5.13. The highest BCUT2D eigenvalue weighted by atomic mass is 32.1. The van der Waals surface area contributed by atoms with Gasteiger partial charge >= 0.3 is 0 Å². The van der Waals surface area contributed by atoms with Crippen LogP contribution in [0, 0.1) is 0 Å². The summed E-state index contributed by atoms with van der Waals surface area (Å²) in [4.78, 5) is 29.9. The Morgan fingerprint density at radius 1 is 1.03 bits per heavy atom. The maximum atomic E-state index is 13.9. The van der Waals surface area contributed by atoms with Crippen molar-refractivity contribution in [3.8, 4) is 11.5 Å². The molecule has 5 rings (SSSR count). The lowest BCUT2D eigenvalue weighted by atomic mass is 9.95. The molecule has 2 atom stereocenters. The van der Waals surface area contributed by atoms with Crippen molar-refractivity contribution in [2.45, 2.75) is 56.8 Å². The standard InChI is InChI=1S/C26H28N2O5S/c29-25(27-18-8-2-1-3-9-18)24(23-13-7-15-34-23)28(16-19-10-6-14-31-19)26(30)22-17-32-20-11-4-5-12-21(20)33-22/h4-7,10-15,18,22,24H,1-3,8-9,16-17H2,(H,27,29)/t22-,24-/m0/s1. The molecule has 0 radical (unpaired) electrons. The Bertz CT molecular complexity index is 1090. The molecule has 2 aromatic heterocycles. The van der Waals surface area contributed by atoms with Gasteiger partial charge in [-0.15, -0.1) is 11.3 Å². The van der Waals surface area contributed by atoms with Gasteiger partial charge in [0.05, 0.1) is 12.8 Å². The molecular formula is C26H28N2O5S. The molecule has 0 unspecified atom stereocenters. The molecule has 7 nitrogen and oxygen atoms in total. The SMILES string of the molecule is O=C(NC1CCCCC1)[C@H](c1cccs1)N(Cc1ccco1)C(=O)[C@@H]1COc2ccccc2O1. The molecule has 2 aliphatic rings. The second kappa shape index (κ2) is 10.3. The number of rotatable bonds is 7. The van der Waals surface area contributed by atoms with Gasteiger partial charge in [-0.25, -0.2) is 0 Å². The van der Waals surface area contributed by atoms with Gasteiger partial charge < -0.3 is 24.1 Å². The number of carbonyl (C=O) groups is 2. The summed E-state index contributed by atoms with van der Waals surface area (Å²) in [6.07, 6.45) is 6.04. The molecular weight excluding hydrogens is 452 g/mol. The molecule has 1 fully saturated rings. The lowest BCUT2D eigenvalue weighted by Gasteiger charge is -2.35. The summed E-state index contributed by atoms with van der Waals surface area (Å²) in [6, 6.07) is 14.0. The Kier molecular flexibility index (Phi) is 6.85. The Morgan fingerprint density at radius 3 is 2.59 bits per heavy atom. The molecule has 178 valence electrons. The molecule has 1 saturated carbocycles. The van der Waals surface area contributed by atoms with Crippen LogP contribution in [-0.2, 0) is 16.1 Å². The van der Waals surface area contributed by atoms with Gasteiger partial charge in [-0.3, -0.25) is 9.59 Å². The number of nitrogens with zero attached hydrogens (tertiary/aromatic N) is 1. The second-order valence-electron chi connectivity index (χ2n) is 8.67. The highest BCUT2D eigenvalue weighted by molar-refractivity contribution is 7.10. The van der Waals surface area contributed by atoms with Crippen molar-refractivity contribution in [3.05, 3.63) is 70.8 Å². The lowest BCUT2D eigenvalue weighted by molar-refractivity contribution is -0.149. The van der Waals surface area contributed by atoms with Crippen molar-refractivity contribution < 1.29 is 23.5 Å². The van der Waals surface area contributed by atoms with E-state index in [-0.39, 0.29) is 31.0 Å². The van der Waals surface area contributed by atoms with Crippen molar-refractivity contribution in [2.75, 3.05) is 6.61 Å². The van der Waals surface area contributed by atoms with E-state index in [2.05, 4.69) is 5.32 Å². The van der Waals surface area contributed by atoms with E-state index < -0.39 is 12.1 Å². The molecule has 0 saturated heterocycles. The summed E-state index contributed by atoms with van der Waals surface area (Å²) < 4.78 is 17.4. The van der Waals surface area contributed by atoms with Crippen LogP contribution >= 0.6 is 11.3 Å². The fraction of sp³-hybridized carbons (Fsp3) is 0.385. The Labute approximate surface area is 202 Å². The molecule has 1 aliphatic heterocycles. The molecule has 1 aromatic carbocycles. The number of carbonyl (C=O) groups excluding carboxylic acids is 2. The quantitative estimate of drug-likeness (QED) is 0.530. The minimum absolute atomic E-state index is 0.0753. The van der Waals surface area contributed by atoms with Gasteiger partial charge in [0.25, 0.3) is 5.91 Å². The van der Waals surface area contributed by atoms with E-state index in [1.807, 2.05) is 35.7 Å². The maximum Gasteiger partial charge on any atom is 0.268 e. The zero-order valence-electron chi connectivity index (χ0n) is 18.9. The third-order valence-electron chi connectivity index (χ3n) is 6.30. The van der Waals surface area contributed by atoms with E-state index in [4.69, 9.17) is 13.9 Å². The van der Waals surface area contributed by atoms with Crippen molar-refractivity contribution in [1.29, 1.82) is 0 Å². The number of furan rings is 1. The van der Waals surface area contributed by atoms with Crippen LogP contribution in [-0.4, -0.2) is 35.5 Å². The van der Waals surface area contributed by atoms with Gasteiger partial charge in [-0.1, -0.05) is 37.5 Å². The summed E-state index contributed by atoms with van der Waals surface area (Å²) in [7, 11) is 0. The number of nitrogens with one attached hydrogen (secondary N) is 1. The van der Waals surface area contributed by atoms with Crippen LogP contribution in [0.15, 0.2) is 64.6 Å². The van der Waals surface area contributed by atoms with Crippen LogP contribution in [0.3, 0.4) is 0 Å². The van der Waals surface area contributed by atoms with Crippen LogP contribution in [0.4, 0.5) is 0 Å². The molecule has 3 aromatic rings. The second-order valence-corrected chi connectivity index (χ2v) is 9.65. The van der Waals surface area contributed by atoms with E-state index in [1.165, 1.54) is 17.8 Å². The highest BCUT2D eigenvalue weighted by Gasteiger charge is 2.39.